The van der Waals surface area contributed by atoms with Crippen molar-refractivity contribution in [2.45, 2.75) is 6.92 Å². The number of nitrogens with one attached hydrogen (secondary N) is 1. The molecule has 0 unspecified atom stereocenters. The first-order chi connectivity index (χ1) is 10.5. The van der Waals surface area contributed by atoms with Crippen molar-refractivity contribution in [1.82, 2.24) is 0 Å². The highest BCUT2D eigenvalue weighted by Crippen LogP contribution is 2.26. The second-order valence-electron chi connectivity index (χ2n) is 4.63. The van der Waals surface area contributed by atoms with Gasteiger partial charge in [-0.2, -0.15) is 0 Å². The fourth-order valence-electron chi connectivity index (χ4n) is 1.76. The Kier molecular flexibility index (Phi) is 5.74. The van der Waals surface area contributed by atoms with Gasteiger partial charge in [-0.25, -0.2) is 0 Å². The smallest absolute Gasteiger partial charge is 0.262 e. The number of aldehydes is 1. The van der Waals surface area contributed by atoms with Crippen LogP contribution in [0, 0.1) is 6.92 Å². The molecule has 0 saturated carbocycles. The van der Waals surface area contributed by atoms with E-state index in [1.165, 1.54) is 0 Å². The largest absolute Gasteiger partial charge is 0.483 e. The van der Waals surface area contributed by atoms with Crippen LogP contribution >= 0.6 is 31.9 Å². The van der Waals surface area contributed by atoms with E-state index in [0.29, 0.717) is 21.5 Å². The lowest BCUT2D eigenvalue weighted by Crippen LogP contribution is -2.20. The molecule has 0 fully saturated rings. The number of rotatable bonds is 5. The zero-order chi connectivity index (χ0) is 16.1. The first-order valence-electron chi connectivity index (χ1n) is 6.43. The van der Waals surface area contributed by atoms with Crippen molar-refractivity contribution >= 4 is 49.7 Å². The number of carbonyl (C=O) groups excluding carboxylic acids is 2. The molecule has 0 atom stereocenters. The molecule has 0 aromatic heterocycles. The van der Waals surface area contributed by atoms with Crippen LogP contribution in [0.25, 0.3) is 0 Å². The number of hydrogen-bond acceptors (Lipinski definition) is 3. The summed E-state index contributed by atoms with van der Waals surface area (Å²) in [5.74, 6) is 0.236. The highest BCUT2D eigenvalue weighted by Gasteiger charge is 2.08. The molecule has 22 heavy (non-hydrogen) atoms. The second-order valence-corrected chi connectivity index (χ2v) is 6.34. The lowest BCUT2D eigenvalue weighted by atomic mass is 10.2. The third-order valence-corrected chi connectivity index (χ3v) is 4.13. The molecule has 1 amide bonds. The maximum Gasteiger partial charge on any atom is 0.262 e. The first-order valence-corrected chi connectivity index (χ1v) is 8.01. The lowest BCUT2D eigenvalue weighted by Gasteiger charge is -2.10. The van der Waals surface area contributed by atoms with Gasteiger partial charge in [-0.05, 0) is 74.7 Å². The Hall–Kier alpha value is -1.66. The zero-order valence-corrected chi connectivity index (χ0v) is 14.9. The number of anilines is 1. The van der Waals surface area contributed by atoms with Gasteiger partial charge in [-0.1, -0.05) is 6.07 Å². The predicted octanol–water partition coefficient (Wildman–Crippen LogP) is 4.35. The molecule has 0 heterocycles. The van der Waals surface area contributed by atoms with E-state index in [2.05, 4.69) is 37.2 Å². The van der Waals surface area contributed by atoms with Gasteiger partial charge in [-0.3, -0.25) is 9.59 Å². The quantitative estimate of drug-likeness (QED) is 0.723. The van der Waals surface area contributed by atoms with Gasteiger partial charge in [0, 0.05) is 10.0 Å². The number of halogens is 2. The number of aryl methyl sites for hydroxylation is 1. The summed E-state index contributed by atoms with van der Waals surface area (Å²) in [5.41, 5.74) is 2.32. The lowest BCUT2D eigenvalue weighted by molar-refractivity contribution is -0.118. The van der Waals surface area contributed by atoms with Crippen molar-refractivity contribution in [2.24, 2.45) is 0 Å². The molecule has 0 aliphatic heterocycles. The molecule has 0 bridgehead atoms. The van der Waals surface area contributed by atoms with E-state index in [-0.39, 0.29) is 12.5 Å². The van der Waals surface area contributed by atoms with Crippen LogP contribution in [0.4, 0.5) is 5.69 Å². The summed E-state index contributed by atoms with van der Waals surface area (Å²) >= 11 is 6.70. The fraction of sp³-hybridized carbons (Fsp3) is 0.125. The summed E-state index contributed by atoms with van der Waals surface area (Å²) in [6.07, 6.45) is 0.746. The van der Waals surface area contributed by atoms with E-state index in [0.717, 1.165) is 16.3 Å². The van der Waals surface area contributed by atoms with Crippen LogP contribution in [0.2, 0.25) is 0 Å². The van der Waals surface area contributed by atoms with Gasteiger partial charge in [0.15, 0.2) is 6.61 Å². The van der Waals surface area contributed by atoms with Crippen LogP contribution < -0.4 is 10.1 Å². The molecule has 6 heteroatoms. The predicted molar refractivity (Wildman–Crippen MR) is 92.5 cm³/mol. The number of benzene rings is 2. The normalized spacial score (nSPS) is 10.1. The van der Waals surface area contributed by atoms with E-state index >= 15 is 0 Å². The van der Waals surface area contributed by atoms with Crippen molar-refractivity contribution < 1.29 is 14.3 Å². The number of ether oxygens (including phenoxy) is 1. The van der Waals surface area contributed by atoms with Crippen LogP contribution in [0.15, 0.2) is 45.3 Å². The average molecular weight is 427 g/mol. The molecule has 4 nitrogen and oxygen atoms in total. The maximum absolute atomic E-state index is 11.9. The Morgan fingerprint density at radius 3 is 2.59 bits per heavy atom. The van der Waals surface area contributed by atoms with Gasteiger partial charge >= 0.3 is 0 Å². The Morgan fingerprint density at radius 1 is 1.18 bits per heavy atom. The molecule has 114 valence electrons. The Balaban J connectivity index is 1.96. The van der Waals surface area contributed by atoms with E-state index < -0.39 is 0 Å². The molecular formula is C16H13Br2NO3. The van der Waals surface area contributed by atoms with Crippen LogP contribution in [0.5, 0.6) is 5.75 Å². The maximum atomic E-state index is 11.9. The number of carbonyl (C=O) groups is 2. The SMILES string of the molecule is Cc1ccc(NC(=O)COc2ccc(C=O)cc2Br)c(Br)c1. The number of amides is 1. The van der Waals surface area contributed by atoms with Gasteiger partial charge in [0.2, 0.25) is 0 Å². The van der Waals surface area contributed by atoms with E-state index in [1.54, 1.807) is 18.2 Å². The van der Waals surface area contributed by atoms with Crippen molar-refractivity contribution in [3.05, 3.63) is 56.5 Å². The third-order valence-electron chi connectivity index (χ3n) is 2.85. The van der Waals surface area contributed by atoms with Gasteiger partial charge < -0.3 is 10.1 Å². The zero-order valence-electron chi connectivity index (χ0n) is 11.7. The molecule has 2 rings (SSSR count). The highest BCUT2D eigenvalue weighted by atomic mass is 79.9. The van der Waals surface area contributed by atoms with E-state index in [1.807, 2.05) is 25.1 Å². The molecule has 0 spiro atoms. The Bertz CT molecular complexity index is 717. The fourth-order valence-corrected chi connectivity index (χ4v) is 2.86. The van der Waals surface area contributed by atoms with Crippen LogP contribution in [-0.2, 0) is 4.79 Å². The summed E-state index contributed by atoms with van der Waals surface area (Å²) in [6.45, 7) is 1.85. The van der Waals surface area contributed by atoms with Crippen molar-refractivity contribution in [1.29, 1.82) is 0 Å². The van der Waals surface area contributed by atoms with Crippen LogP contribution in [-0.4, -0.2) is 18.8 Å². The Labute approximate surface area is 145 Å². The van der Waals surface area contributed by atoms with Gasteiger partial charge in [0.05, 0.1) is 10.2 Å². The van der Waals surface area contributed by atoms with Crippen molar-refractivity contribution in [2.75, 3.05) is 11.9 Å². The second kappa shape index (κ2) is 7.56. The molecule has 0 aliphatic carbocycles. The molecule has 2 aromatic carbocycles. The van der Waals surface area contributed by atoms with Crippen molar-refractivity contribution in [3.8, 4) is 5.75 Å². The summed E-state index contributed by atoms with van der Waals surface area (Å²) < 4.78 is 6.89. The molecule has 0 aliphatic rings. The minimum atomic E-state index is -0.268. The summed E-state index contributed by atoms with van der Waals surface area (Å²) in [5, 5.41) is 2.77. The van der Waals surface area contributed by atoms with Crippen LogP contribution in [0.1, 0.15) is 15.9 Å². The van der Waals surface area contributed by atoms with Crippen LogP contribution in [0.3, 0.4) is 0 Å². The summed E-state index contributed by atoms with van der Waals surface area (Å²) in [7, 11) is 0. The topological polar surface area (TPSA) is 55.4 Å². The number of hydrogen-bond donors (Lipinski definition) is 1. The standard InChI is InChI=1S/C16H13Br2NO3/c1-10-2-4-14(12(17)6-10)19-16(21)9-22-15-5-3-11(8-20)7-13(15)18/h2-8H,9H2,1H3,(H,19,21). The van der Waals surface area contributed by atoms with Gasteiger partial charge in [0.25, 0.3) is 5.91 Å². The summed E-state index contributed by atoms with van der Waals surface area (Å²) in [6, 6.07) is 10.6. The average Bonchev–Trinajstić information content (AvgIpc) is 2.48. The molecular weight excluding hydrogens is 414 g/mol. The highest BCUT2D eigenvalue weighted by molar-refractivity contribution is 9.11. The molecule has 2 aromatic rings. The molecule has 1 N–H and O–H groups in total. The Morgan fingerprint density at radius 2 is 1.95 bits per heavy atom. The van der Waals surface area contributed by atoms with Crippen molar-refractivity contribution in [3.63, 3.8) is 0 Å². The van der Waals surface area contributed by atoms with E-state index in [4.69, 9.17) is 4.74 Å². The van der Waals surface area contributed by atoms with E-state index in [9.17, 15) is 9.59 Å². The third kappa shape index (κ3) is 4.42. The minimum absolute atomic E-state index is 0.126. The first kappa shape index (κ1) is 16.7. The molecule has 0 saturated heterocycles. The van der Waals surface area contributed by atoms with Gasteiger partial charge in [0.1, 0.15) is 12.0 Å². The monoisotopic (exact) mass is 425 g/mol. The molecule has 0 radical (unpaired) electrons. The summed E-state index contributed by atoms with van der Waals surface area (Å²) in [4.78, 5) is 22.6. The van der Waals surface area contributed by atoms with Gasteiger partial charge in [-0.15, -0.1) is 0 Å². The minimum Gasteiger partial charge on any atom is -0.483 e.